The summed E-state index contributed by atoms with van der Waals surface area (Å²) in [5, 5.41) is 10.2. The summed E-state index contributed by atoms with van der Waals surface area (Å²) in [7, 11) is 0. The first-order valence-corrected chi connectivity index (χ1v) is 14.7. The number of para-hydroxylation sites is 2. The van der Waals surface area contributed by atoms with Gasteiger partial charge in [0.2, 0.25) is 0 Å². The van der Waals surface area contributed by atoms with Gasteiger partial charge in [0, 0.05) is 32.7 Å². The lowest BCUT2D eigenvalue weighted by Crippen LogP contribution is -2.47. The molecule has 1 aliphatic heterocycles. The summed E-state index contributed by atoms with van der Waals surface area (Å²) in [6.07, 6.45) is 13.1. The molecule has 1 saturated heterocycles. The van der Waals surface area contributed by atoms with Gasteiger partial charge >= 0.3 is 0 Å². The summed E-state index contributed by atoms with van der Waals surface area (Å²) in [5.74, 6) is 1.25. The van der Waals surface area contributed by atoms with Crippen LogP contribution >= 0.6 is 0 Å². The van der Waals surface area contributed by atoms with Crippen molar-refractivity contribution in [3.63, 3.8) is 0 Å². The molecule has 0 N–H and O–H groups in total. The number of fused-ring (bicyclic) bond motifs is 3. The van der Waals surface area contributed by atoms with Gasteiger partial charge in [-0.1, -0.05) is 93.6 Å². The molecule has 3 heterocycles. The van der Waals surface area contributed by atoms with Crippen LogP contribution < -0.4 is 4.90 Å². The van der Waals surface area contributed by atoms with Crippen LogP contribution in [0.15, 0.2) is 60.7 Å². The molecule has 2 aromatic carbocycles. The molecule has 0 saturated carbocycles. The van der Waals surface area contributed by atoms with E-state index in [1.54, 1.807) is 0 Å². The second-order valence-electron chi connectivity index (χ2n) is 10.8. The molecule has 2 aromatic heterocycles. The molecule has 0 atom stereocenters. The molecule has 1 aliphatic rings. The van der Waals surface area contributed by atoms with Crippen molar-refractivity contribution in [2.75, 3.05) is 37.6 Å². The first-order valence-electron chi connectivity index (χ1n) is 14.7. The molecule has 5 rings (SSSR count). The Morgan fingerprint density at radius 1 is 0.897 bits per heavy atom. The van der Waals surface area contributed by atoms with Crippen LogP contribution in [0.3, 0.4) is 0 Å². The number of aromatic nitrogens is 2. The minimum absolute atomic E-state index is 0.723. The average molecular weight is 520 g/mol. The fourth-order valence-electron chi connectivity index (χ4n) is 5.92. The highest BCUT2D eigenvalue weighted by molar-refractivity contribution is 5.86. The van der Waals surface area contributed by atoms with E-state index < -0.39 is 0 Å². The number of hydrogen-bond donors (Lipinski definition) is 0. The van der Waals surface area contributed by atoms with E-state index in [4.69, 9.17) is 4.98 Å². The van der Waals surface area contributed by atoms with Crippen molar-refractivity contribution in [2.45, 2.75) is 58.8 Å². The van der Waals surface area contributed by atoms with Crippen LogP contribution in [0.4, 0.5) is 5.82 Å². The van der Waals surface area contributed by atoms with E-state index in [1.165, 1.54) is 49.0 Å². The van der Waals surface area contributed by atoms with Gasteiger partial charge in [0.05, 0.1) is 16.6 Å². The van der Waals surface area contributed by atoms with E-state index >= 15 is 0 Å². The number of anilines is 1. The number of rotatable bonds is 11. The summed E-state index contributed by atoms with van der Waals surface area (Å²) < 4.78 is 2.29. The van der Waals surface area contributed by atoms with Crippen LogP contribution in [0.1, 0.15) is 67.7 Å². The van der Waals surface area contributed by atoms with Gasteiger partial charge in [-0.2, -0.15) is 5.26 Å². The Bertz CT molecular complexity index is 1450. The maximum Gasteiger partial charge on any atom is 0.157 e. The van der Waals surface area contributed by atoms with Crippen LogP contribution in [0, 0.1) is 18.3 Å². The monoisotopic (exact) mass is 519 g/mol. The van der Waals surface area contributed by atoms with E-state index in [0.29, 0.717) is 0 Å². The van der Waals surface area contributed by atoms with Gasteiger partial charge in [-0.3, -0.25) is 9.30 Å². The summed E-state index contributed by atoms with van der Waals surface area (Å²) in [5.41, 5.74) is 7.25. The number of unbranched alkanes of at least 4 members (excludes halogenated alkanes) is 5. The van der Waals surface area contributed by atoms with Crippen molar-refractivity contribution in [3.05, 3.63) is 82.9 Å². The normalized spacial score (nSPS) is 14.5. The number of pyridine rings is 1. The lowest BCUT2D eigenvalue weighted by atomic mass is 9.97. The first kappa shape index (κ1) is 27.0. The Balaban J connectivity index is 1.42. The maximum absolute atomic E-state index is 10.2. The van der Waals surface area contributed by atoms with Gasteiger partial charge in [0.15, 0.2) is 5.65 Å². The van der Waals surface area contributed by atoms with E-state index in [-0.39, 0.29) is 0 Å². The smallest absolute Gasteiger partial charge is 0.157 e. The molecule has 4 aromatic rings. The summed E-state index contributed by atoms with van der Waals surface area (Å²) in [4.78, 5) is 10.0. The van der Waals surface area contributed by atoms with Crippen LogP contribution in [0.5, 0.6) is 0 Å². The Kier molecular flexibility index (Phi) is 8.96. The van der Waals surface area contributed by atoms with Crippen molar-refractivity contribution in [1.29, 1.82) is 5.26 Å². The second-order valence-corrected chi connectivity index (χ2v) is 10.8. The molecule has 0 aliphatic carbocycles. The Hall–Kier alpha value is -3.62. The number of piperazine rings is 1. The van der Waals surface area contributed by atoms with Gasteiger partial charge in [-0.15, -0.1) is 0 Å². The molecule has 202 valence electrons. The predicted octanol–water partition coefficient (Wildman–Crippen LogP) is 7.41. The van der Waals surface area contributed by atoms with E-state index in [2.05, 4.69) is 94.8 Å². The number of hydrogen-bond acceptors (Lipinski definition) is 4. The minimum Gasteiger partial charge on any atom is -0.355 e. The number of nitriles is 1. The highest BCUT2D eigenvalue weighted by atomic mass is 15.3. The van der Waals surface area contributed by atoms with Crippen molar-refractivity contribution in [3.8, 4) is 6.07 Å². The summed E-state index contributed by atoms with van der Waals surface area (Å²) in [6.45, 7) is 9.33. The molecule has 0 radical (unpaired) electrons. The zero-order valence-electron chi connectivity index (χ0n) is 23.6. The van der Waals surface area contributed by atoms with Crippen LogP contribution in [0.2, 0.25) is 0 Å². The first-order chi connectivity index (χ1) is 19.2. The summed E-state index contributed by atoms with van der Waals surface area (Å²) in [6, 6.07) is 21.4. The topological polar surface area (TPSA) is 47.6 Å². The van der Waals surface area contributed by atoms with E-state index in [0.717, 1.165) is 73.4 Å². The third kappa shape index (κ3) is 6.02. The molecule has 1 fully saturated rings. The molecular formula is C34H41N5. The average Bonchev–Trinajstić information content (AvgIpc) is 3.35. The minimum atomic E-state index is 0.723. The number of imidazole rings is 1. The highest BCUT2D eigenvalue weighted by Gasteiger charge is 2.26. The fraction of sp³-hybridized carbons (Fsp3) is 0.412. The lowest BCUT2D eigenvalue weighted by molar-refractivity contribution is 0.283. The van der Waals surface area contributed by atoms with E-state index in [1.807, 2.05) is 6.07 Å². The third-order valence-corrected chi connectivity index (χ3v) is 8.13. The van der Waals surface area contributed by atoms with Crippen LogP contribution in [-0.2, 0) is 6.42 Å². The Morgan fingerprint density at radius 2 is 1.62 bits per heavy atom. The molecule has 5 nitrogen and oxygen atoms in total. The van der Waals surface area contributed by atoms with Gasteiger partial charge in [0.1, 0.15) is 11.9 Å². The molecule has 0 spiro atoms. The van der Waals surface area contributed by atoms with Crippen molar-refractivity contribution in [2.24, 2.45) is 0 Å². The quantitative estimate of drug-likeness (QED) is 0.194. The van der Waals surface area contributed by atoms with Gasteiger partial charge in [0.25, 0.3) is 0 Å². The zero-order valence-corrected chi connectivity index (χ0v) is 23.6. The number of benzene rings is 2. The number of nitrogens with zero attached hydrogens (tertiary/aromatic N) is 5. The van der Waals surface area contributed by atoms with Crippen molar-refractivity contribution in [1.82, 2.24) is 14.3 Å². The van der Waals surface area contributed by atoms with Crippen LogP contribution in [-0.4, -0.2) is 47.0 Å². The molecule has 0 unspecified atom stereocenters. The fourth-order valence-corrected chi connectivity index (χ4v) is 5.92. The van der Waals surface area contributed by atoms with Gasteiger partial charge in [-0.25, -0.2) is 4.98 Å². The standard InChI is InChI=1S/C34H41N5/c1-3-4-5-6-7-11-18-29-27(2)30(26-35)33-36-31-19-12-13-20-32(31)39(33)34(29)38-24-22-37(23-25-38)21-14-17-28-15-9-8-10-16-28/h8-10,12-17,19-20H,3-7,11,18,21-25H2,1-2H3/b17-14+. The molecule has 5 heteroatoms. The molecular weight excluding hydrogens is 478 g/mol. The van der Waals surface area contributed by atoms with Gasteiger partial charge in [-0.05, 0) is 48.6 Å². The Morgan fingerprint density at radius 3 is 2.38 bits per heavy atom. The molecule has 0 amide bonds. The van der Waals surface area contributed by atoms with Crippen LogP contribution in [0.25, 0.3) is 22.8 Å². The third-order valence-electron chi connectivity index (χ3n) is 8.13. The maximum atomic E-state index is 10.2. The van der Waals surface area contributed by atoms with E-state index in [9.17, 15) is 5.26 Å². The molecule has 39 heavy (non-hydrogen) atoms. The van der Waals surface area contributed by atoms with Crippen molar-refractivity contribution < 1.29 is 0 Å². The highest BCUT2D eigenvalue weighted by Crippen LogP contribution is 2.35. The van der Waals surface area contributed by atoms with Crippen molar-refractivity contribution >= 4 is 28.6 Å². The van der Waals surface area contributed by atoms with Gasteiger partial charge < -0.3 is 4.90 Å². The lowest BCUT2D eigenvalue weighted by Gasteiger charge is -2.37. The predicted molar refractivity (Wildman–Crippen MR) is 163 cm³/mol. The zero-order chi connectivity index (χ0) is 27.0. The largest absolute Gasteiger partial charge is 0.355 e. The Labute approximate surface area is 233 Å². The SMILES string of the molecule is CCCCCCCCc1c(C)c(C#N)c2nc3ccccc3n2c1N1CCN(C/C=C/c2ccccc2)CC1. The summed E-state index contributed by atoms with van der Waals surface area (Å²) >= 11 is 0. The molecule has 0 bridgehead atoms. The second kappa shape index (κ2) is 13.0.